The minimum atomic E-state index is -0.240. The maximum absolute atomic E-state index is 13.6. The lowest BCUT2D eigenvalue weighted by Crippen LogP contribution is -2.51. The topological polar surface area (TPSA) is 35.6 Å². The van der Waals surface area contributed by atoms with Crippen molar-refractivity contribution in [3.63, 3.8) is 0 Å². The van der Waals surface area contributed by atoms with E-state index >= 15 is 0 Å². The maximum atomic E-state index is 13.6. The summed E-state index contributed by atoms with van der Waals surface area (Å²) in [5.74, 6) is -0.471. The quantitative estimate of drug-likeness (QED) is 0.891. The average Bonchev–Trinajstić information content (AvgIpc) is 2.66. The first-order chi connectivity index (χ1) is 12.6. The molecule has 3 rings (SSSR count). The van der Waals surface area contributed by atoms with E-state index in [1.54, 1.807) is 35.2 Å². The van der Waals surface area contributed by atoms with Gasteiger partial charge in [-0.1, -0.05) is 30.3 Å². The molecule has 1 aliphatic heterocycles. The van der Waals surface area contributed by atoms with Crippen LogP contribution in [0, 0.1) is 11.6 Å². The Balaban J connectivity index is 1.39. The summed E-state index contributed by atoms with van der Waals surface area (Å²) in [4.78, 5) is 16.3. The van der Waals surface area contributed by atoms with E-state index in [0.29, 0.717) is 31.6 Å². The van der Waals surface area contributed by atoms with Gasteiger partial charge in [0.2, 0.25) is 0 Å². The van der Waals surface area contributed by atoms with Crippen molar-refractivity contribution in [2.45, 2.75) is 13.0 Å². The Hall–Kier alpha value is -2.47. The van der Waals surface area contributed by atoms with Gasteiger partial charge in [0.25, 0.3) is 0 Å². The molecule has 0 aliphatic carbocycles. The molecule has 1 N–H and O–H groups in total. The molecular formula is C20H23F2N3O. The molecule has 1 saturated heterocycles. The van der Waals surface area contributed by atoms with Crippen molar-refractivity contribution >= 4 is 6.03 Å². The SMILES string of the molecule is O=C(NCCc1ccccc1F)N1CCN(Cc2ccc(F)cc2)CC1. The van der Waals surface area contributed by atoms with E-state index in [1.807, 2.05) is 0 Å². The molecule has 2 aromatic rings. The number of amides is 2. The van der Waals surface area contributed by atoms with Crippen LogP contribution in [0.5, 0.6) is 0 Å². The van der Waals surface area contributed by atoms with Gasteiger partial charge in [-0.2, -0.15) is 0 Å². The lowest BCUT2D eigenvalue weighted by molar-refractivity contribution is 0.135. The second-order valence-electron chi connectivity index (χ2n) is 6.46. The second-order valence-corrected chi connectivity index (χ2v) is 6.46. The van der Waals surface area contributed by atoms with Crippen molar-refractivity contribution in [1.29, 1.82) is 0 Å². The minimum Gasteiger partial charge on any atom is -0.338 e. The van der Waals surface area contributed by atoms with Crippen LogP contribution >= 0.6 is 0 Å². The summed E-state index contributed by atoms with van der Waals surface area (Å²) in [6, 6.07) is 13.0. The molecule has 2 aromatic carbocycles. The fraction of sp³-hybridized carbons (Fsp3) is 0.350. The Morgan fingerprint density at radius 3 is 2.35 bits per heavy atom. The van der Waals surface area contributed by atoms with Crippen LogP contribution in [0.3, 0.4) is 0 Å². The highest BCUT2D eigenvalue weighted by atomic mass is 19.1. The third-order valence-corrected chi connectivity index (χ3v) is 4.61. The van der Waals surface area contributed by atoms with Crippen molar-refractivity contribution in [1.82, 2.24) is 15.1 Å². The van der Waals surface area contributed by atoms with Crippen LogP contribution in [0.4, 0.5) is 13.6 Å². The number of nitrogens with zero attached hydrogens (tertiary/aromatic N) is 2. The van der Waals surface area contributed by atoms with Gasteiger partial charge in [0, 0.05) is 39.3 Å². The van der Waals surface area contributed by atoms with E-state index in [-0.39, 0.29) is 17.7 Å². The summed E-state index contributed by atoms with van der Waals surface area (Å²) >= 11 is 0. The molecule has 4 nitrogen and oxygen atoms in total. The highest BCUT2D eigenvalue weighted by Crippen LogP contribution is 2.10. The largest absolute Gasteiger partial charge is 0.338 e. The number of piperazine rings is 1. The lowest BCUT2D eigenvalue weighted by atomic mass is 10.1. The van der Waals surface area contributed by atoms with Gasteiger partial charge in [-0.25, -0.2) is 13.6 Å². The van der Waals surface area contributed by atoms with Crippen molar-refractivity contribution in [3.8, 4) is 0 Å². The van der Waals surface area contributed by atoms with Crippen LogP contribution in [0.25, 0.3) is 0 Å². The summed E-state index contributed by atoms with van der Waals surface area (Å²) < 4.78 is 26.5. The number of urea groups is 1. The number of benzene rings is 2. The molecular weight excluding hydrogens is 336 g/mol. The van der Waals surface area contributed by atoms with Gasteiger partial charge in [0.1, 0.15) is 11.6 Å². The van der Waals surface area contributed by atoms with Crippen LogP contribution in [-0.4, -0.2) is 48.6 Å². The van der Waals surface area contributed by atoms with Gasteiger partial charge in [-0.3, -0.25) is 4.90 Å². The smallest absolute Gasteiger partial charge is 0.317 e. The normalized spacial score (nSPS) is 15.1. The van der Waals surface area contributed by atoms with Crippen LogP contribution in [0.15, 0.2) is 48.5 Å². The molecule has 0 atom stereocenters. The van der Waals surface area contributed by atoms with Gasteiger partial charge >= 0.3 is 6.03 Å². The number of hydrogen-bond donors (Lipinski definition) is 1. The predicted molar refractivity (Wildman–Crippen MR) is 96.8 cm³/mol. The Kier molecular flexibility index (Phi) is 6.17. The first-order valence-electron chi connectivity index (χ1n) is 8.85. The minimum absolute atomic E-state index is 0.109. The number of carbonyl (C=O) groups is 1. The fourth-order valence-electron chi connectivity index (χ4n) is 3.07. The van der Waals surface area contributed by atoms with Gasteiger partial charge in [0.15, 0.2) is 0 Å². The molecule has 0 bridgehead atoms. The summed E-state index contributed by atoms with van der Waals surface area (Å²) in [6.07, 6.45) is 0.475. The predicted octanol–water partition coefficient (Wildman–Crippen LogP) is 3.03. The van der Waals surface area contributed by atoms with Crippen LogP contribution in [-0.2, 0) is 13.0 Å². The summed E-state index contributed by atoms with van der Waals surface area (Å²) in [5.41, 5.74) is 1.67. The van der Waals surface area contributed by atoms with E-state index in [9.17, 15) is 13.6 Å². The number of carbonyl (C=O) groups excluding carboxylic acids is 1. The standard InChI is InChI=1S/C20H23F2N3O/c21-18-7-5-16(6-8-18)15-24-11-13-25(14-12-24)20(26)23-10-9-17-3-1-2-4-19(17)22/h1-8H,9-15H2,(H,23,26). The number of nitrogens with one attached hydrogen (secondary N) is 1. The molecule has 1 fully saturated rings. The molecule has 1 aliphatic rings. The Labute approximate surface area is 152 Å². The van der Waals surface area contributed by atoms with Gasteiger partial charge in [-0.15, -0.1) is 0 Å². The van der Waals surface area contributed by atoms with E-state index < -0.39 is 0 Å². The molecule has 1 heterocycles. The molecule has 2 amide bonds. The van der Waals surface area contributed by atoms with Crippen LogP contribution < -0.4 is 5.32 Å². The molecule has 26 heavy (non-hydrogen) atoms. The van der Waals surface area contributed by atoms with Crippen LogP contribution in [0.2, 0.25) is 0 Å². The number of halogens is 2. The molecule has 0 unspecified atom stereocenters. The Morgan fingerprint density at radius 1 is 0.962 bits per heavy atom. The zero-order chi connectivity index (χ0) is 18.4. The number of hydrogen-bond acceptors (Lipinski definition) is 2. The molecule has 0 radical (unpaired) electrons. The molecule has 0 aromatic heterocycles. The van der Waals surface area contributed by atoms with Crippen molar-refractivity contribution < 1.29 is 13.6 Å². The zero-order valence-electron chi connectivity index (χ0n) is 14.6. The van der Waals surface area contributed by atoms with E-state index in [4.69, 9.17) is 0 Å². The van der Waals surface area contributed by atoms with Gasteiger partial charge < -0.3 is 10.2 Å². The molecule has 0 spiro atoms. The first-order valence-corrected chi connectivity index (χ1v) is 8.85. The Morgan fingerprint density at radius 2 is 1.65 bits per heavy atom. The third-order valence-electron chi connectivity index (χ3n) is 4.61. The second kappa shape index (κ2) is 8.76. The van der Waals surface area contributed by atoms with Crippen molar-refractivity contribution in [2.24, 2.45) is 0 Å². The van der Waals surface area contributed by atoms with Gasteiger partial charge in [-0.05, 0) is 35.7 Å². The monoisotopic (exact) mass is 359 g/mol. The Bertz CT molecular complexity index is 728. The van der Waals surface area contributed by atoms with Gasteiger partial charge in [0.05, 0.1) is 0 Å². The van der Waals surface area contributed by atoms with Crippen molar-refractivity contribution in [3.05, 3.63) is 71.3 Å². The lowest BCUT2D eigenvalue weighted by Gasteiger charge is -2.34. The average molecular weight is 359 g/mol. The van der Waals surface area contributed by atoms with E-state index in [1.165, 1.54) is 18.2 Å². The highest BCUT2D eigenvalue weighted by Gasteiger charge is 2.20. The third kappa shape index (κ3) is 5.02. The highest BCUT2D eigenvalue weighted by molar-refractivity contribution is 5.74. The molecule has 6 heteroatoms. The fourth-order valence-corrected chi connectivity index (χ4v) is 3.07. The molecule has 138 valence electrons. The first kappa shape index (κ1) is 18.3. The zero-order valence-corrected chi connectivity index (χ0v) is 14.6. The van der Waals surface area contributed by atoms with E-state index in [0.717, 1.165) is 25.2 Å². The summed E-state index contributed by atoms with van der Waals surface area (Å²) in [5, 5.41) is 2.86. The maximum Gasteiger partial charge on any atom is 0.317 e. The van der Waals surface area contributed by atoms with Crippen molar-refractivity contribution in [2.75, 3.05) is 32.7 Å². The van der Waals surface area contributed by atoms with E-state index in [2.05, 4.69) is 10.2 Å². The van der Waals surface area contributed by atoms with Crippen LogP contribution in [0.1, 0.15) is 11.1 Å². The number of rotatable bonds is 5. The summed E-state index contributed by atoms with van der Waals surface area (Å²) in [7, 11) is 0. The summed E-state index contributed by atoms with van der Waals surface area (Å²) in [6.45, 7) is 4.01. The molecule has 0 saturated carbocycles.